The van der Waals surface area contributed by atoms with Gasteiger partial charge in [0, 0.05) is 13.5 Å². The SMILES string of the molecule is CN(C(=O)CCC1CCNCC1)C1CCCCC1O. The molecule has 4 heteroatoms. The number of piperidine rings is 1. The minimum atomic E-state index is -0.318. The molecule has 2 atom stereocenters. The first-order valence-electron chi connectivity index (χ1n) is 7.83. The van der Waals surface area contributed by atoms with Gasteiger partial charge in [-0.15, -0.1) is 0 Å². The van der Waals surface area contributed by atoms with E-state index in [2.05, 4.69) is 5.32 Å². The third-order valence-electron chi connectivity index (χ3n) is 4.81. The molecule has 0 aromatic rings. The second kappa shape index (κ2) is 7.25. The number of nitrogens with zero attached hydrogens (tertiary/aromatic N) is 1. The van der Waals surface area contributed by atoms with Crippen LogP contribution in [0.5, 0.6) is 0 Å². The van der Waals surface area contributed by atoms with Crippen LogP contribution < -0.4 is 5.32 Å². The maximum absolute atomic E-state index is 12.2. The highest BCUT2D eigenvalue weighted by molar-refractivity contribution is 5.76. The van der Waals surface area contributed by atoms with Gasteiger partial charge in [0.2, 0.25) is 5.91 Å². The highest BCUT2D eigenvalue weighted by Crippen LogP contribution is 2.24. The van der Waals surface area contributed by atoms with Gasteiger partial charge in [-0.25, -0.2) is 0 Å². The lowest BCUT2D eigenvalue weighted by Gasteiger charge is -2.35. The van der Waals surface area contributed by atoms with Gasteiger partial charge in [0.05, 0.1) is 12.1 Å². The number of aliphatic hydroxyl groups is 1. The quantitative estimate of drug-likeness (QED) is 0.813. The van der Waals surface area contributed by atoms with Crippen LogP contribution in [0.3, 0.4) is 0 Å². The Labute approximate surface area is 116 Å². The Hall–Kier alpha value is -0.610. The van der Waals surface area contributed by atoms with E-state index in [4.69, 9.17) is 0 Å². The van der Waals surface area contributed by atoms with Gasteiger partial charge in [-0.1, -0.05) is 12.8 Å². The molecular formula is C15H28N2O2. The summed E-state index contributed by atoms with van der Waals surface area (Å²) < 4.78 is 0. The smallest absolute Gasteiger partial charge is 0.222 e. The van der Waals surface area contributed by atoms with E-state index in [-0.39, 0.29) is 18.1 Å². The van der Waals surface area contributed by atoms with Crippen molar-refractivity contribution in [3.05, 3.63) is 0 Å². The van der Waals surface area contributed by atoms with Crippen molar-refractivity contribution >= 4 is 5.91 Å². The molecule has 1 heterocycles. The number of hydrogen-bond acceptors (Lipinski definition) is 3. The molecule has 1 saturated carbocycles. The van der Waals surface area contributed by atoms with Gasteiger partial charge in [-0.05, 0) is 51.1 Å². The summed E-state index contributed by atoms with van der Waals surface area (Å²) in [5.41, 5.74) is 0. The molecule has 2 aliphatic rings. The van der Waals surface area contributed by atoms with Crippen molar-refractivity contribution in [2.45, 2.75) is 63.5 Å². The van der Waals surface area contributed by atoms with Gasteiger partial charge in [-0.3, -0.25) is 4.79 Å². The largest absolute Gasteiger partial charge is 0.391 e. The molecule has 1 aliphatic carbocycles. The van der Waals surface area contributed by atoms with E-state index in [0.29, 0.717) is 12.3 Å². The fraction of sp³-hybridized carbons (Fsp3) is 0.933. The molecule has 1 amide bonds. The van der Waals surface area contributed by atoms with Crippen LogP contribution in [-0.4, -0.2) is 48.2 Å². The molecule has 0 radical (unpaired) electrons. The van der Waals surface area contributed by atoms with Crippen molar-refractivity contribution < 1.29 is 9.90 Å². The Balaban J connectivity index is 1.74. The monoisotopic (exact) mass is 268 g/mol. The highest BCUT2D eigenvalue weighted by Gasteiger charge is 2.29. The summed E-state index contributed by atoms with van der Waals surface area (Å²) in [5, 5.41) is 13.4. The summed E-state index contributed by atoms with van der Waals surface area (Å²) >= 11 is 0. The number of aliphatic hydroxyl groups excluding tert-OH is 1. The fourth-order valence-corrected chi connectivity index (χ4v) is 3.40. The van der Waals surface area contributed by atoms with Crippen LogP contribution in [0.25, 0.3) is 0 Å². The maximum Gasteiger partial charge on any atom is 0.222 e. The van der Waals surface area contributed by atoms with E-state index in [1.54, 1.807) is 0 Å². The molecule has 2 rings (SSSR count). The lowest BCUT2D eigenvalue weighted by atomic mass is 9.90. The van der Waals surface area contributed by atoms with Crippen molar-refractivity contribution in [3.63, 3.8) is 0 Å². The predicted molar refractivity (Wildman–Crippen MR) is 75.9 cm³/mol. The molecule has 0 aromatic carbocycles. The summed E-state index contributed by atoms with van der Waals surface area (Å²) in [5.74, 6) is 0.916. The van der Waals surface area contributed by atoms with Gasteiger partial charge < -0.3 is 15.3 Å². The van der Waals surface area contributed by atoms with E-state index in [1.165, 1.54) is 12.8 Å². The van der Waals surface area contributed by atoms with Crippen LogP contribution in [0.4, 0.5) is 0 Å². The Kier molecular flexibility index (Phi) is 5.64. The Morgan fingerprint density at radius 3 is 2.58 bits per heavy atom. The van der Waals surface area contributed by atoms with Gasteiger partial charge in [0.25, 0.3) is 0 Å². The molecule has 0 bridgehead atoms. The van der Waals surface area contributed by atoms with E-state index in [1.807, 2.05) is 11.9 Å². The zero-order valence-electron chi connectivity index (χ0n) is 12.1. The van der Waals surface area contributed by atoms with Crippen molar-refractivity contribution in [1.29, 1.82) is 0 Å². The normalized spacial score (nSPS) is 29.2. The predicted octanol–water partition coefficient (Wildman–Crippen LogP) is 1.53. The molecule has 1 aliphatic heterocycles. The Bertz CT molecular complexity index is 290. The lowest BCUT2D eigenvalue weighted by Crippen LogP contribution is -2.46. The number of amides is 1. The molecule has 0 spiro atoms. The van der Waals surface area contributed by atoms with Gasteiger partial charge in [-0.2, -0.15) is 0 Å². The standard InChI is InChI=1S/C15H28N2O2/c1-17(13-4-2-3-5-14(13)18)15(19)7-6-12-8-10-16-11-9-12/h12-14,16,18H,2-11H2,1H3. The number of carbonyl (C=O) groups excluding carboxylic acids is 1. The highest BCUT2D eigenvalue weighted by atomic mass is 16.3. The first kappa shape index (κ1) is 14.8. The van der Waals surface area contributed by atoms with Crippen LogP contribution in [0.1, 0.15) is 51.4 Å². The van der Waals surface area contributed by atoms with Crippen LogP contribution in [0.15, 0.2) is 0 Å². The molecule has 1 saturated heterocycles. The van der Waals surface area contributed by atoms with Crippen molar-refractivity contribution in [2.24, 2.45) is 5.92 Å². The molecule has 0 aromatic heterocycles. The Morgan fingerprint density at radius 1 is 1.21 bits per heavy atom. The van der Waals surface area contributed by atoms with Gasteiger partial charge in [0.1, 0.15) is 0 Å². The van der Waals surface area contributed by atoms with Crippen LogP contribution in [0.2, 0.25) is 0 Å². The molecular weight excluding hydrogens is 240 g/mol. The topological polar surface area (TPSA) is 52.6 Å². The van der Waals surface area contributed by atoms with Crippen molar-refractivity contribution in [1.82, 2.24) is 10.2 Å². The molecule has 2 fully saturated rings. The Morgan fingerprint density at radius 2 is 1.89 bits per heavy atom. The molecule has 2 N–H and O–H groups in total. The minimum absolute atomic E-state index is 0.0503. The first-order valence-corrected chi connectivity index (χ1v) is 7.83. The zero-order valence-corrected chi connectivity index (χ0v) is 12.1. The van der Waals surface area contributed by atoms with E-state index in [9.17, 15) is 9.90 Å². The summed E-state index contributed by atoms with van der Waals surface area (Å²) in [4.78, 5) is 14.0. The summed E-state index contributed by atoms with van der Waals surface area (Å²) in [6, 6.07) is 0.0503. The fourth-order valence-electron chi connectivity index (χ4n) is 3.40. The van der Waals surface area contributed by atoms with E-state index >= 15 is 0 Å². The average molecular weight is 268 g/mol. The van der Waals surface area contributed by atoms with Crippen LogP contribution >= 0.6 is 0 Å². The van der Waals surface area contributed by atoms with Crippen LogP contribution in [0, 0.1) is 5.92 Å². The van der Waals surface area contributed by atoms with Gasteiger partial charge in [0.15, 0.2) is 0 Å². The minimum Gasteiger partial charge on any atom is -0.391 e. The molecule has 2 unspecified atom stereocenters. The summed E-state index contributed by atoms with van der Waals surface area (Å²) in [6.07, 6.45) is 7.75. The third kappa shape index (κ3) is 4.18. The molecule has 19 heavy (non-hydrogen) atoms. The first-order chi connectivity index (χ1) is 9.18. The van der Waals surface area contributed by atoms with Crippen molar-refractivity contribution in [2.75, 3.05) is 20.1 Å². The van der Waals surface area contributed by atoms with E-state index in [0.717, 1.165) is 45.2 Å². The second-order valence-corrected chi connectivity index (χ2v) is 6.16. The third-order valence-corrected chi connectivity index (χ3v) is 4.81. The van der Waals surface area contributed by atoms with Crippen LogP contribution in [-0.2, 0) is 4.79 Å². The number of hydrogen-bond donors (Lipinski definition) is 2. The second-order valence-electron chi connectivity index (χ2n) is 6.16. The summed E-state index contributed by atoms with van der Waals surface area (Å²) in [6.45, 7) is 2.19. The average Bonchev–Trinajstić information content (AvgIpc) is 2.45. The van der Waals surface area contributed by atoms with Crippen molar-refractivity contribution in [3.8, 4) is 0 Å². The number of nitrogens with one attached hydrogen (secondary N) is 1. The lowest BCUT2D eigenvalue weighted by molar-refractivity contribution is -0.135. The zero-order chi connectivity index (χ0) is 13.7. The van der Waals surface area contributed by atoms with Gasteiger partial charge >= 0.3 is 0 Å². The summed E-state index contributed by atoms with van der Waals surface area (Å²) in [7, 11) is 1.87. The molecule has 4 nitrogen and oxygen atoms in total. The number of rotatable bonds is 4. The number of carbonyl (C=O) groups is 1. The number of likely N-dealkylation sites (N-methyl/N-ethyl adjacent to an activating group) is 1. The maximum atomic E-state index is 12.2. The molecule has 110 valence electrons. The van der Waals surface area contributed by atoms with E-state index < -0.39 is 0 Å².